The fraction of sp³-hybridized carbons (Fsp3) is 0.619. The normalized spacial score (nSPS) is 18.0. The summed E-state index contributed by atoms with van der Waals surface area (Å²) in [6, 6.07) is 8.66. The highest BCUT2D eigenvalue weighted by atomic mass is 127. The fourth-order valence-corrected chi connectivity index (χ4v) is 3.56. The van der Waals surface area contributed by atoms with E-state index in [0.29, 0.717) is 12.3 Å². The van der Waals surface area contributed by atoms with Crippen LogP contribution in [0, 0.1) is 12.8 Å². The van der Waals surface area contributed by atoms with Gasteiger partial charge < -0.3 is 16.0 Å². The van der Waals surface area contributed by atoms with Gasteiger partial charge in [-0.15, -0.1) is 24.0 Å². The second-order valence-corrected chi connectivity index (χ2v) is 8.05. The van der Waals surface area contributed by atoms with Gasteiger partial charge in [-0.05, 0) is 38.2 Å². The molecule has 1 fully saturated rings. The van der Waals surface area contributed by atoms with E-state index in [4.69, 9.17) is 10.7 Å². The van der Waals surface area contributed by atoms with Crippen LogP contribution >= 0.6 is 24.0 Å². The third kappa shape index (κ3) is 7.31. The molecule has 2 rings (SSSR count). The Labute approximate surface area is 181 Å². The van der Waals surface area contributed by atoms with Crippen LogP contribution in [0.2, 0.25) is 0 Å². The number of likely N-dealkylation sites (tertiary alicyclic amines) is 1. The maximum Gasteiger partial charge on any atom is 0.217 e. The predicted molar refractivity (Wildman–Crippen MR) is 124 cm³/mol. The maximum atomic E-state index is 11.3. The van der Waals surface area contributed by atoms with Crippen molar-refractivity contribution in [3.05, 3.63) is 35.4 Å². The van der Waals surface area contributed by atoms with Crippen molar-refractivity contribution in [1.82, 2.24) is 10.2 Å². The maximum absolute atomic E-state index is 11.3. The van der Waals surface area contributed by atoms with Gasteiger partial charge in [-0.2, -0.15) is 0 Å². The SMILES string of the molecule is CCNC(=NCC(C)(C)c1cccc(C)c1)N1CCCC(CC(N)=O)C1.I. The van der Waals surface area contributed by atoms with E-state index < -0.39 is 0 Å². The summed E-state index contributed by atoms with van der Waals surface area (Å²) in [5.74, 6) is 1.07. The van der Waals surface area contributed by atoms with E-state index in [1.807, 2.05) is 0 Å². The van der Waals surface area contributed by atoms with Crippen molar-refractivity contribution in [3.8, 4) is 0 Å². The molecule has 0 saturated carbocycles. The summed E-state index contributed by atoms with van der Waals surface area (Å²) in [4.78, 5) is 18.5. The lowest BCUT2D eigenvalue weighted by Gasteiger charge is -2.35. The minimum atomic E-state index is -0.209. The minimum Gasteiger partial charge on any atom is -0.370 e. The molecular formula is C21H35IN4O. The number of nitrogens with zero attached hydrogens (tertiary/aromatic N) is 2. The van der Waals surface area contributed by atoms with Gasteiger partial charge in [0.2, 0.25) is 5.91 Å². The van der Waals surface area contributed by atoms with Gasteiger partial charge in [0.1, 0.15) is 0 Å². The molecule has 1 amide bonds. The smallest absolute Gasteiger partial charge is 0.217 e. The zero-order valence-corrected chi connectivity index (χ0v) is 19.5. The number of carbonyl (C=O) groups excluding carboxylic acids is 1. The Balaban J connectivity index is 0.00000364. The fourth-order valence-electron chi connectivity index (χ4n) is 3.56. The molecule has 1 saturated heterocycles. The van der Waals surface area contributed by atoms with Crippen LogP contribution in [-0.4, -0.2) is 42.9 Å². The van der Waals surface area contributed by atoms with E-state index in [2.05, 4.69) is 62.2 Å². The number of piperidine rings is 1. The first-order valence-corrected chi connectivity index (χ1v) is 9.70. The molecule has 1 aromatic carbocycles. The Morgan fingerprint density at radius 1 is 1.41 bits per heavy atom. The molecule has 152 valence electrons. The van der Waals surface area contributed by atoms with Gasteiger partial charge in [0.05, 0.1) is 6.54 Å². The van der Waals surface area contributed by atoms with Crippen LogP contribution in [0.25, 0.3) is 0 Å². The van der Waals surface area contributed by atoms with Gasteiger partial charge in [0.25, 0.3) is 0 Å². The molecule has 0 bridgehead atoms. The quantitative estimate of drug-likeness (QED) is 0.368. The van der Waals surface area contributed by atoms with Gasteiger partial charge in [0.15, 0.2) is 5.96 Å². The van der Waals surface area contributed by atoms with Crippen LogP contribution in [-0.2, 0) is 10.2 Å². The van der Waals surface area contributed by atoms with Gasteiger partial charge in [0, 0.05) is 31.5 Å². The minimum absolute atomic E-state index is 0. The standard InChI is InChI=1S/C21H34N4O.HI/c1-5-23-20(25-11-7-9-17(14-25)13-19(22)26)24-15-21(3,4)18-10-6-8-16(2)12-18;/h6,8,10,12,17H,5,7,9,11,13-15H2,1-4H3,(H2,22,26)(H,23,24);1H. The van der Waals surface area contributed by atoms with Gasteiger partial charge >= 0.3 is 0 Å². The number of halogens is 1. The molecule has 3 N–H and O–H groups in total. The van der Waals surface area contributed by atoms with Gasteiger partial charge in [-0.1, -0.05) is 43.7 Å². The number of carbonyl (C=O) groups is 1. The third-order valence-electron chi connectivity index (χ3n) is 5.07. The molecule has 0 radical (unpaired) electrons. The first-order chi connectivity index (χ1) is 12.3. The number of nitrogens with one attached hydrogen (secondary N) is 1. The summed E-state index contributed by atoms with van der Waals surface area (Å²) in [5.41, 5.74) is 7.94. The lowest BCUT2D eigenvalue weighted by Crippen LogP contribution is -2.47. The number of hydrogen-bond donors (Lipinski definition) is 2. The number of guanidine groups is 1. The Kier molecular flexibility index (Phi) is 9.56. The van der Waals surface area contributed by atoms with E-state index in [1.165, 1.54) is 11.1 Å². The number of benzene rings is 1. The first kappa shape index (κ1) is 23.7. The van der Waals surface area contributed by atoms with Gasteiger partial charge in [-0.3, -0.25) is 9.79 Å². The Bertz CT molecular complexity index is 645. The molecule has 0 aliphatic carbocycles. The number of aliphatic imine (C=N–C) groups is 1. The van der Waals surface area contributed by atoms with Crippen molar-refractivity contribution < 1.29 is 4.79 Å². The number of nitrogens with two attached hydrogens (primary N) is 1. The molecule has 5 nitrogen and oxygen atoms in total. The van der Waals surface area contributed by atoms with E-state index in [-0.39, 0.29) is 35.3 Å². The average molecular weight is 486 g/mol. The number of primary amides is 1. The molecular weight excluding hydrogens is 451 g/mol. The van der Waals surface area contributed by atoms with Crippen molar-refractivity contribution in [2.75, 3.05) is 26.2 Å². The zero-order chi connectivity index (χ0) is 19.2. The second kappa shape index (κ2) is 10.9. The summed E-state index contributed by atoms with van der Waals surface area (Å²) in [6.45, 7) is 12.1. The Hall–Kier alpha value is -1.31. The van der Waals surface area contributed by atoms with Crippen molar-refractivity contribution in [2.45, 2.75) is 52.4 Å². The summed E-state index contributed by atoms with van der Waals surface area (Å²) in [7, 11) is 0. The molecule has 0 aromatic heterocycles. The summed E-state index contributed by atoms with van der Waals surface area (Å²) >= 11 is 0. The van der Waals surface area contributed by atoms with Crippen LogP contribution in [0.5, 0.6) is 0 Å². The number of amides is 1. The van der Waals surface area contributed by atoms with Crippen LogP contribution < -0.4 is 11.1 Å². The van der Waals surface area contributed by atoms with Crippen molar-refractivity contribution >= 4 is 35.8 Å². The van der Waals surface area contributed by atoms with Gasteiger partial charge in [-0.25, -0.2) is 0 Å². The molecule has 1 aliphatic heterocycles. The van der Waals surface area contributed by atoms with E-state index >= 15 is 0 Å². The second-order valence-electron chi connectivity index (χ2n) is 8.05. The largest absolute Gasteiger partial charge is 0.370 e. The van der Waals surface area contributed by atoms with Crippen molar-refractivity contribution in [3.63, 3.8) is 0 Å². The summed E-state index contributed by atoms with van der Waals surface area (Å²) in [5, 5.41) is 3.42. The van der Waals surface area contributed by atoms with Crippen LogP contribution in [0.15, 0.2) is 29.3 Å². The van der Waals surface area contributed by atoms with E-state index in [1.54, 1.807) is 0 Å². The lowest BCUT2D eigenvalue weighted by atomic mass is 9.84. The highest BCUT2D eigenvalue weighted by molar-refractivity contribution is 14.0. The number of aryl methyl sites for hydroxylation is 1. The van der Waals surface area contributed by atoms with Crippen LogP contribution in [0.3, 0.4) is 0 Å². The monoisotopic (exact) mass is 486 g/mol. The molecule has 6 heteroatoms. The van der Waals surface area contributed by atoms with Crippen LogP contribution in [0.4, 0.5) is 0 Å². The number of hydrogen-bond acceptors (Lipinski definition) is 2. The molecule has 1 aromatic rings. The third-order valence-corrected chi connectivity index (χ3v) is 5.07. The Morgan fingerprint density at radius 2 is 2.15 bits per heavy atom. The highest BCUT2D eigenvalue weighted by Gasteiger charge is 2.25. The Morgan fingerprint density at radius 3 is 2.78 bits per heavy atom. The summed E-state index contributed by atoms with van der Waals surface area (Å²) in [6.07, 6.45) is 2.60. The average Bonchev–Trinajstić information content (AvgIpc) is 2.58. The van der Waals surface area contributed by atoms with E-state index in [9.17, 15) is 4.79 Å². The van der Waals surface area contributed by atoms with Crippen molar-refractivity contribution in [1.29, 1.82) is 0 Å². The summed E-state index contributed by atoms with van der Waals surface area (Å²) < 4.78 is 0. The zero-order valence-electron chi connectivity index (χ0n) is 17.1. The molecule has 1 unspecified atom stereocenters. The van der Waals surface area contributed by atoms with E-state index in [0.717, 1.165) is 45.0 Å². The number of rotatable bonds is 6. The van der Waals surface area contributed by atoms with Crippen molar-refractivity contribution in [2.24, 2.45) is 16.6 Å². The molecule has 0 spiro atoms. The highest BCUT2D eigenvalue weighted by Crippen LogP contribution is 2.25. The van der Waals surface area contributed by atoms with Crippen LogP contribution in [0.1, 0.15) is 51.2 Å². The predicted octanol–water partition coefficient (Wildman–Crippen LogP) is 3.44. The lowest BCUT2D eigenvalue weighted by molar-refractivity contribution is -0.119. The molecule has 1 aliphatic rings. The molecule has 1 atom stereocenters. The topological polar surface area (TPSA) is 70.7 Å². The molecule has 1 heterocycles. The molecule has 27 heavy (non-hydrogen) atoms. The first-order valence-electron chi connectivity index (χ1n) is 9.70.